The molecule has 0 radical (unpaired) electrons. The number of methoxy groups -OCH3 is 1. The van der Waals surface area contributed by atoms with Gasteiger partial charge in [0.1, 0.15) is 5.75 Å². The number of ketones is 1. The first-order valence-electron chi connectivity index (χ1n) is 7.17. The van der Waals surface area contributed by atoms with Crippen LogP contribution in [-0.2, 0) is 4.79 Å². The molecule has 2 aliphatic rings. The average Bonchev–Trinajstić information content (AvgIpc) is 2.90. The van der Waals surface area contributed by atoms with Crippen molar-refractivity contribution in [3.8, 4) is 5.75 Å². The van der Waals surface area contributed by atoms with Gasteiger partial charge in [0.25, 0.3) is 5.91 Å². The van der Waals surface area contributed by atoms with Crippen LogP contribution in [0.1, 0.15) is 10.4 Å². The van der Waals surface area contributed by atoms with E-state index in [0.29, 0.717) is 16.1 Å². The van der Waals surface area contributed by atoms with Crippen LogP contribution in [0.2, 0.25) is 0 Å². The Balaban J connectivity index is 1.79. The first kappa shape index (κ1) is 16.4. The third kappa shape index (κ3) is 2.75. The lowest BCUT2D eigenvalue weighted by molar-refractivity contribution is -0.126. The number of nitrogens with zero attached hydrogens (tertiary/aromatic N) is 3. The zero-order chi connectivity index (χ0) is 17.4. The molecule has 1 aromatic rings. The van der Waals surface area contributed by atoms with Crippen LogP contribution in [0.25, 0.3) is 0 Å². The molecule has 0 aromatic heterocycles. The number of benzene rings is 1. The molecule has 9 heteroatoms. The maximum atomic E-state index is 12.5. The highest BCUT2D eigenvalue weighted by atomic mass is 79.9. The molecular weight excluding hydrogens is 380 g/mol. The molecule has 2 aliphatic heterocycles. The van der Waals surface area contributed by atoms with Crippen LogP contribution in [0.5, 0.6) is 5.75 Å². The Labute approximate surface area is 146 Å². The molecule has 0 bridgehead atoms. The molecule has 3 amide bonds. The molecule has 2 atom stereocenters. The van der Waals surface area contributed by atoms with E-state index in [1.807, 2.05) is 0 Å². The number of imide groups is 1. The number of urea groups is 1. The number of rotatable bonds is 4. The van der Waals surface area contributed by atoms with Gasteiger partial charge in [-0.05, 0) is 40.2 Å². The predicted octanol–water partition coefficient (Wildman–Crippen LogP) is 0.821. The van der Waals surface area contributed by atoms with Crippen molar-refractivity contribution < 1.29 is 19.1 Å². The van der Waals surface area contributed by atoms with E-state index in [4.69, 9.17) is 4.74 Å². The minimum atomic E-state index is -0.732. The Bertz CT molecular complexity index is 733. The molecule has 0 aliphatic carbocycles. The quantitative estimate of drug-likeness (QED) is 0.602. The lowest BCUT2D eigenvalue weighted by Crippen LogP contribution is -2.63. The van der Waals surface area contributed by atoms with Gasteiger partial charge in [0.2, 0.25) is 0 Å². The van der Waals surface area contributed by atoms with E-state index < -0.39 is 24.1 Å². The third-order valence-corrected chi connectivity index (χ3v) is 4.70. The summed E-state index contributed by atoms with van der Waals surface area (Å²) in [5, 5.41) is 2.26. The topological polar surface area (TPSA) is 91.3 Å². The first-order valence-corrected chi connectivity index (χ1v) is 7.96. The highest BCUT2D eigenvalue weighted by molar-refractivity contribution is 9.18. The number of halogens is 1. The smallest absolute Gasteiger partial charge is 0.325 e. The van der Waals surface area contributed by atoms with Crippen LogP contribution in [-0.4, -0.2) is 65.2 Å². The van der Waals surface area contributed by atoms with Crippen LogP contribution in [0.15, 0.2) is 29.3 Å². The lowest BCUT2D eigenvalue weighted by atomic mass is 10.1. The standard InChI is InChI=1S/C15H15BrN4O4/c1-19-12-11(13(22)18-15(19)23)20(14(16)17-12)7-10(21)8-3-5-9(24-2)6-4-8/h3-6,11-12H,7H2,1-2H3,(H,18,22,23). The zero-order valence-electron chi connectivity index (χ0n) is 13.0. The Morgan fingerprint density at radius 2 is 2.00 bits per heavy atom. The highest BCUT2D eigenvalue weighted by Gasteiger charge is 2.48. The Hall–Kier alpha value is -2.42. The summed E-state index contributed by atoms with van der Waals surface area (Å²) in [6.07, 6.45) is -0.649. The third-order valence-electron chi connectivity index (χ3n) is 4.04. The van der Waals surface area contributed by atoms with Crippen LogP contribution < -0.4 is 10.1 Å². The Morgan fingerprint density at radius 3 is 2.62 bits per heavy atom. The van der Waals surface area contributed by atoms with Crippen LogP contribution in [0.3, 0.4) is 0 Å². The van der Waals surface area contributed by atoms with Gasteiger partial charge < -0.3 is 14.5 Å². The van der Waals surface area contributed by atoms with Crippen LogP contribution in [0, 0.1) is 0 Å². The minimum absolute atomic E-state index is 0.0347. The zero-order valence-corrected chi connectivity index (χ0v) is 14.6. The molecule has 3 rings (SSSR count). The molecule has 24 heavy (non-hydrogen) atoms. The summed E-state index contributed by atoms with van der Waals surface area (Å²) in [5.41, 5.74) is 0.500. The molecule has 126 valence electrons. The molecule has 8 nitrogen and oxygen atoms in total. The number of amidine groups is 1. The van der Waals surface area contributed by atoms with Gasteiger partial charge in [0, 0.05) is 12.6 Å². The number of hydrogen-bond acceptors (Lipinski definition) is 6. The number of carbonyl (C=O) groups excluding carboxylic acids is 3. The molecule has 2 unspecified atom stereocenters. The number of nitrogens with one attached hydrogen (secondary N) is 1. The van der Waals surface area contributed by atoms with Crippen molar-refractivity contribution in [3.05, 3.63) is 29.8 Å². The summed E-state index contributed by atoms with van der Waals surface area (Å²) in [4.78, 5) is 43.5. The van der Waals surface area contributed by atoms with Crippen LogP contribution >= 0.6 is 15.9 Å². The number of Topliss-reactive ketones (excluding diaryl/α,β-unsaturated/α-hetero) is 1. The van der Waals surface area contributed by atoms with Crippen molar-refractivity contribution in [1.82, 2.24) is 15.1 Å². The second-order valence-electron chi connectivity index (χ2n) is 5.44. The molecule has 2 heterocycles. The molecule has 0 saturated carbocycles. The number of amides is 3. The summed E-state index contributed by atoms with van der Waals surface area (Å²) in [7, 11) is 3.10. The van der Waals surface area contributed by atoms with Gasteiger partial charge in [0.15, 0.2) is 22.7 Å². The number of carbonyl (C=O) groups is 3. The maximum Gasteiger partial charge on any atom is 0.325 e. The molecule has 0 spiro atoms. The number of likely N-dealkylation sites (N-methyl/N-ethyl adjacent to an activating group) is 1. The summed E-state index contributed by atoms with van der Waals surface area (Å²) >= 11 is 3.28. The van der Waals surface area contributed by atoms with E-state index in [1.165, 1.54) is 4.90 Å². The van der Waals surface area contributed by atoms with Gasteiger partial charge in [-0.1, -0.05) is 0 Å². The van der Waals surface area contributed by atoms with Crippen LogP contribution in [0.4, 0.5) is 4.79 Å². The second kappa shape index (κ2) is 6.23. The number of aliphatic imine (C=N–C) groups is 1. The monoisotopic (exact) mass is 394 g/mol. The fourth-order valence-corrected chi connectivity index (χ4v) is 3.23. The van der Waals surface area contributed by atoms with Crippen molar-refractivity contribution in [2.75, 3.05) is 20.7 Å². The average molecular weight is 395 g/mol. The second-order valence-corrected chi connectivity index (χ2v) is 6.15. The molecule has 1 aromatic carbocycles. The van der Waals surface area contributed by atoms with E-state index in [-0.39, 0.29) is 12.3 Å². The van der Waals surface area contributed by atoms with Crippen molar-refractivity contribution in [1.29, 1.82) is 0 Å². The summed E-state index contributed by atoms with van der Waals surface area (Å²) < 4.78 is 5.44. The summed E-state index contributed by atoms with van der Waals surface area (Å²) in [6.45, 7) is -0.0347. The van der Waals surface area contributed by atoms with Gasteiger partial charge in [-0.15, -0.1) is 0 Å². The van der Waals surface area contributed by atoms with Gasteiger partial charge in [-0.2, -0.15) is 0 Å². The van der Waals surface area contributed by atoms with E-state index in [9.17, 15) is 14.4 Å². The molecule has 1 N–H and O–H groups in total. The van der Waals surface area contributed by atoms with Gasteiger partial charge in [-0.25, -0.2) is 9.79 Å². The molecular formula is C15H15BrN4O4. The van der Waals surface area contributed by atoms with E-state index >= 15 is 0 Å². The lowest BCUT2D eigenvalue weighted by Gasteiger charge is -2.35. The van der Waals surface area contributed by atoms with Crippen molar-refractivity contribution in [3.63, 3.8) is 0 Å². The molecule has 1 fully saturated rings. The highest BCUT2D eigenvalue weighted by Crippen LogP contribution is 2.26. The normalized spacial score (nSPS) is 22.9. The number of fused-ring (bicyclic) bond motifs is 1. The summed E-state index contributed by atoms with van der Waals surface area (Å²) in [5.74, 6) is 0.0176. The largest absolute Gasteiger partial charge is 0.497 e. The van der Waals surface area contributed by atoms with Crippen molar-refractivity contribution in [2.24, 2.45) is 4.99 Å². The van der Waals surface area contributed by atoms with E-state index in [2.05, 4.69) is 26.2 Å². The Kier molecular flexibility index (Phi) is 4.27. The Morgan fingerprint density at radius 1 is 1.33 bits per heavy atom. The minimum Gasteiger partial charge on any atom is -0.497 e. The van der Waals surface area contributed by atoms with E-state index in [1.54, 1.807) is 43.3 Å². The number of hydrogen-bond donors (Lipinski definition) is 1. The fourth-order valence-electron chi connectivity index (χ4n) is 2.68. The first-order chi connectivity index (χ1) is 11.4. The van der Waals surface area contributed by atoms with Crippen molar-refractivity contribution in [2.45, 2.75) is 12.2 Å². The van der Waals surface area contributed by atoms with Gasteiger partial charge in [-0.3, -0.25) is 14.9 Å². The fraction of sp³-hybridized carbons (Fsp3) is 0.333. The number of ether oxygens (including phenoxy) is 1. The SMILES string of the molecule is COc1ccc(C(=O)CN2C(Br)=NC3C2C(=O)NC(=O)N3C)cc1. The predicted molar refractivity (Wildman–Crippen MR) is 89.3 cm³/mol. The van der Waals surface area contributed by atoms with E-state index in [0.717, 1.165) is 0 Å². The van der Waals surface area contributed by atoms with Crippen molar-refractivity contribution >= 4 is 38.4 Å². The molecule has 1 saturated heterocycles. The van der Waals surface area contributed by atoms with Gasteiger partial charge in [0.05, 0.1) is 13.7 Å². The summed E-state index contributed by atoms with van der Waals surface area (Å²) in [6, 6.07) is 5.48. The maximum absolute atomic E-state index is 12.5. The van der Waals surface area contributed by atoms with Gasteiger partial charge >= 0.3 is 6.03 Å².